The number of benzene rings is 2. The van der Waals surface area contributed by atoms with Gasteiger partial charge < -0.3 is 20.1 Å². The Bertz CT molecular complexity index is 1060. The second-order valence-electron chi connectivity index (χ2n) is 8.92. The average Bonchev–Trinajstić information content (AvgIpc) is 2.76. The quantitative estimate of drug-likeness (QED) is 0.272. The minimum Gasteiger partial charge on any atom is -0.486 e. The second kappa shape index (κ2) is 11.1. The fraction of sp³-hybridized carbons (Fsp3) is 0.375. The van der Waals surface area contributed by atoms with Crippen molar-refractivity contribution >= 4 is 41.7 Å². The SMILES string of the molecule is C=N/N=C(/COc1ccc(Cl)cc1)NCC1(C)CC(C)(NC(=O)COc2ccc(Cl)c(F)c2)C1. The lowest BCUT2D eigenvalue weighted by atomic mass is 9.59. The maximum absolute atomic E-state index is 13.5. The summed E-state index contributed by atoms with van der Waals surface area (Å²) in [5.74, 6) is 0.585. The predicted molar refractivity (Wildman–Crippen MR) is 133 cm³/mol. The van der Waals surface area contributed by atoms with Crippen molar-refractivity contribution in [2.45, 2.75) is 32.2 Å². The Morgan fingerprint density at radius 3 is 2.38 bits per heavy atom. The molecule has 0 bridgehead atoms. The Hall–Kier alpha value is -2.84. The molecule has 0 aromatic heterocycles. The number of carbonyl (C=O) groups excluding carboxylic acids is 1. The van der Waals surface area contributed by atoms with E-state index in [1.165, 1.54) is 12.1 Å². The van der Waals surface area contributed by atoms with Crippen LogP contribution in [0, 0.1) is 11.2 Å². The summed E-state index contributed by atoms with van der Waals surface area (Å²) in [5.41, 5.74) is -0.430. The van der Waals surface area contributed by atoms with Crippen LogP contribution in [-0.4, -0.2) is 43.8 Å². The Morgan fingerprint density at radius 1 is 1.09 bits per heavy atom. The fourth-order valence-electron chi connectivity index (χ4n) is 4.33. The molecule has 10 heteroatoms. The molecule has 2 N–H and O–H groups in total. The van der Waals surface area contributed by atoms with Gasteiger partial charge in [0.2, 0.25) is 0 Å². The van der Waals surface area contributed by atoms with Crippen LogP contribution in [0.3, 0.4) is 0 Å². The van der Waals surface area contributed by atoms with E-state index in [0.29, 0.717) is 23.2 Å². The van der Waals surface area contributed by atoms with Crippen molar-refractivity contribution in [2.75, 3.05) is 19.8 Å². The number of nitrogens with zero attached hydrogens (tertiary/aromatic N) is 2. The maximum atomic E-state index is 13.5. The van der Waals surface area contributed by atoms with Crippen LogP contribution in [0.2, 0.25) is 10.0 Å². The maximum Gasteiger partial charge on any atom is 0.258 e. The third-order valence-electron chi connectivity index (χ3n) is 5.44. The highest BCUT2D eigenvalue weighted by molar-refractivity contribution is 6.31. The molecule has 2 aromatic carbocycles. The van der Waals surface area contributed by atoms with Gasteiger partial charge in [0.05, 0.1) is 5.02 Å². The molecular weight excluding hydrogens is 482 g/mol. The van der Waals surface area contributed by atoms with Crippen LogP contribution < -0.4 is 20.1 Å². The molecular formula is C24H27Cl2FN4O3. The lowest BCUT2D eigenvalue weighted by molar-refractivity contribution is -0.127. The summed E-state index contributed by atoms with van der Waals surface area (Å²) in [4.78, 5) is 12.3. The van der Waals surface area contributed by atoms with Crippen LogP contribution in [-0.2, 0) is 4.79 Å². The molecule has 0 spiro atoms. The normalized spacial score (nSPS) is 21.9. The first-order valence-electron chi connectivity index (χ1n) is 10.6. The molecule has 182 valence electrons. The van der Waals surface area contributed by atoms with Crippen molar-refractivity contribution in [3.05, 3.63) is 58.3 Å². The van der Waals surface area contributed by atoms with E-state index in [1.807, 2.05) is 6.92 Å². The van der Waals surface area contributed by atoms with E-state index in [1.54, 1.807) is 24.3 Å². The number of rotatable bonds is 10. The zero-order valence-electron chi connectivity index (χ0n) is 19.0. The fourth-order valence-corrected chi connectivity index (χ4v) is 4.58. The van der Waals surface area contributed by atoms with Crippen LogP contribution in [0.25, 0.3) is 0 Å². The van der Waals surface area contributed by atoms with Gasteiger partial charge in [-0.05, 0) is 61.6 Å². The highest BCUT2D eigenvalue weighted by atomic mass is 35.5. The van der Waals surface area contributed by atoms with Gasteiger partial charge in [-0.1, -0.05) is 30.1 Å². The zero-order valence-corrected chi connectivity index (χ0v) is 20.5. The Morgan fingerprint density at radius 2 is 1.74 bits per heavy atom. The number of carbonyl (C=O) groups is 1. The van der Waals surface area contributed by atoms with Crippen LogP contribution in [0.1, 0.15) is 26.7 Å². The van der Waals surface area contributed by atoms with Crippen LogP contribution >= 0.6 is 23.2 Å². The van der Waals surface area contributed by atoms with Gasteiger partial charge >= 0.3 is 0 Å². The Balaban J connectivity index is 1.43. The van der Waals surface area contributed by atoms with E-state index >= 15 is 0 Å². The molecule has 0 radical (unpaired) electrons. The summed E-state index contributed by atoms with van der Waals surface area (Å²) in [5, 5.41) is 14.5. The summed E-state index contributed by atoms with van der Waals surface area (Å²) in [6.07, 6.45) is 1.50. The average molecular weight is 509 g/mol. The summed E-state index contributed by atoms with van der Waals surface area (Å²) >= 11 is 11.5. The molecule has 3 rings (SSSR count). The molecule has 2 aromatic rings. The predicted octanol–water partition coefficient (Wildman–Crippen LogP) is 4.87. The molecule has 0 saturated heterocycles. The first-order valence-corrected chi connectivity index (χ1v) is 11.4. The summed E-state index contributed by atoms with van der Waals surface area (Å²) in [6, 6.07) is 11.1. The van der Waals surface area contributed by atoms with E-state index in [2.05, 4.69) is 34.5 Å². The number of halogens is 3. The standard InChI is InChI=1S/C24H27Cl2FN4O3/c1-23(15-29-21(31-28-3)11-33-17-6-4-16(25)5-7-17)13-24(2,14-23)30-22(32)12-34-18-8-9-19(26)20(27)10-18/h4-10H,3,11-15H2,1-2H3,(H,29,31)(H,30,32). The number of hydrogen-bond acceptors (Lipinski definition) is 5. The van der Waals surface area contributed by atoms with Gasteiger partial charge in [0.25, 0.3) is 5.91 Å². The van der Waals surface area contributed by atoms with Crippen molar-refractivity contribution in [1.82, 2.24) is 10.6 Å². The third-order valence-corrected chi connectivity index (χ3v) is 5.99. The van der Waals surface area contributed by atoms with Crippen molar-refractivity contribution in [3.63, 3.8) is 0 Å². The molecule has 0 unspecified atom stereocenters. The first-order chi connectivity index (χ1) is 16.1. The minimum atomic E-state index is -0.595. The minimum absolute atomic E-state index is 0.000270. The molecule has 0 atom stereocenters. The van der Waals surface area contributed by atoms with Crippen LogP contribution in [0.4, 0.5) is 4.39 Å². The molecule has 34 heavy (non-hydrogen) atoms. The van der Waals surface area contributed by atoms with Gasteiger partial charge in [0, 0.05) is 29.9 Å². The second-order valence-corrected chi connectivity index (χ2v) is 9.77. The van der Waals surface area contributed by atoms with Gasteiger partial charge in [-0.15, -0.1) is 5.10 Å². The van der Waals surface area contributed by atoms with Gasteiger partial charge in [0.1, 0.15) is 23.9 Å². The van der Waals surface area contributed by atoms with Crippen LogP contribution in [0.15, 0.2) is 52.7 Å². The lowest BCUT2D eigenvalue weighted by Gasteiger charge is -2.53. The Kier molecular flexibility index (Phi) is 8.38. The number of ether oxygens (including phenoxy) is 2. The van der Waals surface area contributed by atoms with Gasteiger partial charge in [-0.25, -0.2) is 4.39 Å². The highest BCUT2D eigenvalue weighted by Gasteiger charge is 2.49. The van der Waals surface area contributed by atoms with Crippen molar-refractivity contribution in [3.8, 4) is 11.5 Å². The number of amides is 1. The number of amidine groups is 1. The molecule has 1 aliphatic carbocycles. The molecule has 0 heterocycles. The van der Waals surface area contributed by atoms with E-state index in [9.17, 15) is 9.18 Å². The van der Waals surface area contributed by atoms with Crippen molar-refractivity contribution < 1.29 is 18.7 Å². The Labute approximate surface area is 208 Å². The molecule has 1 aliphatic rings. The van der Waals surface area contributed by atoms with Crippen molar-refractivity contribution in [2.24, 2.45) is 15.6 Å². The monoisotopic (exact) mass is 508 g/mol. The van der Waals surface area contributed by atoms with E-state index in [0.717, 1.165) is 18.9 Å². The van der Waals surface area contributed by atoms with Gasteiger partial charge in [0.15, 0.2) is 12.4 Å². The first kappa shape index (κ1) is 25.8. The molecule has 0 aliphatic heterocycles. The number of hydrogen-bond donors (Lipinski definition) is 2. The summed E-state index contributed by atoms with van der Waals surface area (Å²) < 4.78 is 24.6. The lowest BCUT2D eigenvalue weighted by Crippen LogP contribution is -2.62. The topological polar surface area (TPSA) is 84.3 Å². The summed E-state index contributed by atoms with van der Waals surface area (Å²) in [6.45, 7) is 8.13. The molecule has 7 nitrogen and oxygen atoms in total. The molecule has 1 saturated carbocycles. The smallest absolute Gasteiger partial charge is 0.258 e. The van der Waals surface area contributed by atoms with E-state index < -0.39 is 5.82 Å². The van der Waals surface area contributed by atoms with E-state index in [4.69, 9.17) is 32.7 Å². The van der Waals surface area contributed by atoms with Crippen LogP contribution in [0.5, 0.6) is 11.5 Å². The molecule has 1 amide bonds. The summed E-state index contributed by atoms with van der Waals surface area (Å²) in [7, 11) is 0. The van der Waals surface area contributed by atoms with Gasteiger partial charge in [-0.3, -0.25) is 4.79 Å². The van der Waals surface area contributed by atoms with Gasteiger partial charge in [-0.2, -0.15) is 5.10 Å². The zero-order chi connectivity index (χ0) is 24.8. The van der Waals surface area contributed by atoms with E-state index in [-0.39, 0.29) is 40.8 Å². The largest absolute Gasteiger partial charge is 0.486 e. The highest BCUT2D eigenvalue weighted by Crippen LogP contribution is 2.47. The number of nitrogens with one attached hydrogen (secondary N) is 2. The third kappa shape index (κ3) is 7.33. The van der Waals surface area contributed by atoms with Crippen molar-refractivity contribution in [1.29, 1.82) is 0 Å². The molecule has 1 fully saturated rings.